The highest BCUT2D eigenvalue weighted by Crippen LogP contribution is 2.37. The topological polar surface area (TPSA) is 66.4 Å². The first-order chi connectivity index (χ1) is 8.13. The summed E-state index contributed by atoms with van der Waals surface area (Å²) in [4.78, 5) is 2.24. The number of hydrogen-bond donors (Lipinski definition) is 2. The maximum Gasteiger partial charge on any atom is 0.263 e. The molecule has 0 aromatic heterocycles. The first-order valence-electron chi connectivity index (χ1n) is 5.55. The zero-order valence-corrected chi connectivity index (χ0v) is 10.9. The molecule has 0 bridgehead atoms. The van der Waals surface area contributed by atoms with Crippen molar-refractivity contribution in [3.8, 4) is 0 Å². The van der Waals surface area contributed by atoms with Crippen LogP contribution in [0.3, 0.4) is 0 Å². The Balaban J connectivity index is 2.27. The highest BCUT2D eigenvalue weighted by Gasteiger charge is 2.22. The van der Waals surface area contributed by atoms with Crippen molar-refractivity contribution in [2.24, 2.45) is 0 Å². The van der Waals surface area contributed by atoms with Crippen LogP contribution in [0.25, 0.3) is 0 Å². The number of benzene rings is 1. The number of hydrogen-bond acceptors (Lipinski definition) is 4. The SMILES string of the molecule is O=S(=O)(NO)c1ccccc1SC1CCCC1. The van der Waals surface area contributed by atoms with Crippen molar-refractivity contribution in [1.82, 2.24) is 4.89 Å². The van der Waals surface area contributed by atoms with E-state index < -0.39 is 10.0 Å². The van der Waals surface area contributed by atoms with Gasteiger partial charge in [0.15, 0.2) is 0 Å². The minimum absolute atomic E-state index is 0.152. The second-order valence-corrected chi connectivity index (χ2v) is 7.04. The Morgan fingerprint density at radius 1 is 1.24 bits per heavy atom. The fourth-order valence-corrected chi connectivity index (χ4v) is 4.44. The van der Waals surface area contributed by atoms with Crippen LogP contribution in [0.1, 0.15) is 25.7 Å². The second-order valence-electron chi connectivity index (χ2n) is 4.07. The third kappa shape index (κ3) is 3.01. The van der Waals surface area contributed by atoms with E-state index in [9.17, 15) is 8.42 Å². The van der Waals surface area contributed by atoms with E-state index in [1.807, 2.05) is 6.07 Å². The molecule has 0 aliphatic heterocycles. The van der Waals surface area contributed by atoms with Crippen LogP contribution < -0.4 is 4.89 Å². The third-order valence-corrected chi connectivity index (χ3v) is 5.57. The first-order valence-corrected chi connectivity index (χ1v) is 7.91. The Kier molecular flexibility index (Phi) is 4.09. The van der Waals surface area contributed by atoms with Gasteiger partial charge in [0.25, 0.3) is 10.0 Å². The standard InChI is InChI=1S/C11H15NO3S2/c13-12-17(14,15)11-8-4-3-7-10(11)16-9-5-1-2-6-9/h3-4,7-9,12-13H,1-2,5-6H2. The lowest BCUT2D eigenvalue weighted by Crippen LogP contribution is -2.20. The predicted octanol–water partition coefficient (Wildman–Crippen LogP) is 2.39. The van der Waals surface area contributed by atoms with Crippen molar-refractivity contribution in [2.75, 3.05) is 0 Å². The van der Waals surface area contributed by atoms with Crippen molar-refractivity contribution in [2.45, 2.75) is 40.7 Å². The summed E-state index contributed by atoms with van der Waals surface area (Å²) in [6, 6.07) is 6.76. The molecule has 1 fully saturated rings. The smallest absolute Gasteiger partial charge is 0.263 e. The Morgan fingerprint density at radius 2 is 1.88 bits per heavy atom. The third-order valence-electron chi connectivity index (χ3n) is 2.85. The molecule has 4 nitrogen and oxygen atoms in total. The maximum absolute atomic E-state index is 11.6. The lowest BCUT2D eigenvalue weighted by Gasteiger charge is -2.12. The fraction of sp³-hybridized carbons (Fsp3) is 0.455. The normalized spacial score (nSPS) is 17.5. The van der Waals surface area contributed by atoms with Crippen LogP contribution in [0.2, 0.25) is 0 Å². The van der Waals surface area contributed by atoms with E-state index in [2.05, 4.69) is 0 Å². The van der Waals surface area contributed by atoms with Gasteiger partial charge in [-0.25, -0.2) is 8.42 Å². The van der Waals surface area contributed by atoms with Gasteiger partial charge in [-0.15, -0.1) is 11.8 Å². The number of nitrogens with one attached hydrogen (secondary N) is 1. The van der Waals surface area contributed by atoms with E-state index in [-0.39, 0.29) is 4.90 Å². The Hall–Kier alpha value is -0.560. The molecular formula is C11H15NO3S2. The van der Waals surface area contributed by atoms with Gasteiger partial charge in [-0.2, -0.15) is 0 Å². The van der Waals surface area contributed by atoms with E-state index in [0.717, 1.165) is 12.8 Å². The van der Waals surface area contributed by atoms with Crippen LogP contribution in [0.4, 0.5) is 0 Å². The van der Waals surface area contributed by atoms with Crippen molar-refractivity contribution in [3.63, 3.8) is 0 Å². The molecule has 1 aliphatic carbocycles. The monoisotopic (exact) mass is 273 g/mol. The van der Waals surface area contributed by atoms with Crippen molar-refractivity contribution < 1.29 is 13.6 Å². The zero-order chi connectivity index (χ0) is 12.3. The van der Waals surface area contributed by atoms with Crippen LogP contribution in [0, 0.1) is 0 Å². The summed E-state index contributed by atoms with van der Waals surface area (Å²) < 4.78 is 23.2. The molecule has 0 atom stereocenters. The van der Waals surface area contributed by atoms with E-state index in [1.54, 1.807) is 23.9 Å². The van der Waals surface area contributed by atoms with Crippen molar-refractivity contribution in [1.29, 1.82) is 0 Å². The highest BCUT2D eigenvalue weighted by atomic mass is 32.2. The molecule has 0 saturated heterocycles. The number of thioether (sulfide) groups is 1. The number of rotatable bonds is 4. The molecule has 17 heavy (non-hydrogen) atoms. The summed E-state index contributed by atoms with van der Waals surface area (Å²) in [6.07, 6.45) is 4.69. The maximum atomic E-state index is 11.6. The van der Waals surface area contributed by atoms with Gasteiger partial charge in [-0.05, 0) is 25.0 Å². The summed E-state index contributed by atoms with van der Waals surface area (Å²) in [7, 11) is -3.79. The van der Waals surface area contributed by atoms with E-state index in [0.29, 0.717) is 10.1 Å². The molecule has 6 heteroatoms. The van der Waals surface area contributed by atoms with Crippen molar-refractivity contribution in [3.05, 3.63) is 24.3 Å². The largest absolute Gasteiger partial charge is 0.302 e. The molecule has 0 radical (unpaired) electrons. The molecule has 1 aliphatic rings. The molecule has 94 valence electrons. The van der Waals surface area contributed by atoms with Gasteiger partial charge in [-0.3, -0.25) is 0 Å². The van der Waals surface area contributed by atoms with Crippen LogP contribution in [0.5, 0.6) is 0 Å². The van der Waals surface area contributed by atoms with Gasteiger partial charge in [-0.1, -0.05) is 29.9 Å². The van der Waals surface area contributed by atoms with Gasteiger partial charge < -0.3 is 5.21 Å². The minimum Gasteiger partial charge on any atom is -0.302 e. The summed E-state index contributed by atoms with van der Waals surface area (Å²) in [6.45, 7) is 0. The van der Waals surface area contributed by atoms with Gasteiger partial charge >= 0.3 is 0 Å². The fourth-order valence-electron chi connectivity index (χ4n) is 2.00. The quantitative estimate of drug-likeness (QED) is 0.827. The van der Waals surface area contributed by atoms with Gasteiger partial charge in [0.1, 0.15) is 0 Å². The molecule has 1 saturated carbocycles. The lowest BCUT2D eigenvalue weighted by molar-refractivity contribution is 0.242. The first kappa shape index (κ1) is 12.9. The molecule has 0 heterocycles. The van der Waals surface area contributed by atoms with Crippen LogP contribution in [0.15, 0.2) is 34.1 Å². The molecule has 0 spiro atoms. The molecule has 1 aromatic carbocycles. The van der Waals surface area contributed by atoms with E-state index in [4.69, 9.17) is 5.21 Å². The summed E-state index contributed by atoms with van der Waals surface area (Å²) in [5.74, 6) is 0. The van der Waals surface area contributed by atoms with Gasteiger partial charge in [0, 0.05) is 10.1 Å². The minimum atomic E-state index is -3.79. The number of sulfonamides is 1. The Morgan fingerprint density at radius 3 is 2.53 bits per heavy atom. The Labute approximate surface area is 105 Å². The van der Waals surface area contributed by atoms with Crippen molar-refractivity contribution >= 4 is 21.8 Å². The average Bonchev–Trinajstić information content (AvgIpc) is 2.82. The van der Waals surface area contributed by atoms with Gasteiger partial charge in [0.05, 0.1) is 4.90 Å². The van der Waals surface area contributed by atoms with Crippen LogP contribution in [-0.2, 0) is 10.0 Å². The molecule has 0 amide bonds. The lowest BCUT2D eigenvalue weighted by atomic mass is 10.4. The molecule has 1 aromatic rings. The van der Waals surface area contributed by atoms with Gasteiger partial charge in [0.2, 0.25) is 0 Å². The summed E-state index contributed by atoms with van der Waals surface area (Å²) in [5.41, 5.74) is 0. The average molecular weight is 273 g/mol. The van der Waals surface area contributed by atoms with E-state index >= 15 is 0 Å². The Bertz CT molecular complexity index is 481. The highest BCUT2D eigenvalue weighted by molar-refractivity contribution is 8.00. The summed E-state index contributed by atoms with van der Waals surface area (Å²) >= 11 is 1.59. The predicted molar refractivity (Wildman–Crippen MR) is 66.7 cm³/mol. The molecular weight excluding hydrogens is 258 g/mol. The second kappa shape index (κ2) is 5.39. The molecule has 2 rings (SSSR count). The van der Waals surface area contributed by atoms with E-state index in [1.165, 1.54) is 23.8 Å². The zero-order valence-electron chi connectivity index (χ0n) is 9.30. The molecule has 0 unspecified atom stereocenters. The van der Waals surface area contributed by atoms with Crippen LogP contribution in [-0.4, -0.2) is 18.9 Å². The molecule has 2 N–H and O–H groups in total. The summed E-state index contributed by atoms with van der Waals surface area (Å²) in [5, 5.41) is 9.18. The van der Waals surface area contributed by atoms with Crippen LogP contribution >= 0.6 is 11.8 Å².